The van der Waals surface area contributed by atoms with Crippen LogP contribution in [0.5, 0.6) is 11.5 Å². The molecular formula is C9H6ClFO3. The van der Waals surface area contributed by atoms with Gasteiger partial charge in [-0.2, -0.15) is 0 Å². The highest BCUT2D eigenvalue weighted by molar-refractivity contribution is 6.67. The second kappa shape index (κ2) is 3.46. The molecule has 5 heteroatoms. The first-order valence-corrected chi connectivity index (χ1v) is 4.35. The highest BCUT2D eigenvalue weighted by atomic mass is 35.5. The van der Waals surface area contributed by atoms with Gasteiger partial charge in [-0.15, -0.1) is 0 Å². The Morgan fingerprint density at radius 1 is 1.29 bits per heavy atom. The summed E-state index contributed by atoms with van der Waals surface area (Å²) in [4.78, 5) is 10.8. The van der Waals surface area contributed by atoms with Crippen LogP contribution in [0.1, 0.15) is 10.4 Å². The molecule has 2 rings (SSSR count). The van der Waals surface area contributed by atoms with Crippen LogP contribution in [0.25, 0.3) is 0 Å². The molecule has 0 spiro atoms. The average Bonchev–Trinajstić information content (AvgIpc) is 2.16. The maximum Gasteiger partial charge on any atom is 0.255 e. The van der Waals surface area contributed by atoms with E-state index in [4.69, 9.17) is 21.1 Å². The largest absolute Gasteiger partial charge is 0.486 e. The molecule has 0 fully saturated rings. The van der Waals surface area contributed by atoms with E-state index in [1.807, 2.05) is 0 Å². The molecule has 0 N–H and O–H groups in total. The van der Waals surface area contributed by atoms with Crippen LogP contribution >= 0.6 is 11.6 Å². The summed E-state index contributed by atoms with van der Waals surface area (Å²) in [5, 5.41) is -0.848. The van der Waals surface area contributed by atoms with Crippen molar-refractivity contribution in [1.29, 1.82) is 0 Å². The zero-order valence-corrected chi connectivity index (χ0v) is 7.81. The second-order valence-electron chi connectivity index (χ2n) is 2.75. The molecule has 0 saturated heterocycles. The van der Waals surface area contributed by atoms with Gasteiger partial charge in [-0.3, -0.25) is 4.79 Å². The molecule has 1 aliphatic heterocycles. The van der Waals surface area contributed by atoms with Crippen LogP contribution in [-0.4, -0.2) is 18.5 Å². The zero-order valence-electron chi connectivity index (χ0n) is 7.05. The second-order valence-corrected chi connectivity index (χ2v) is 3.09. The Morgan fingerprint density at radius 3 is 2.43 bits per heavy atom. The molecule has 0 bridgehead atoms. The Bertz CT molecular complexity index is 392. The van der Waals surface area contributed by atoms with Crippen molar-refractivity contribution in [3.63, 3.8) is 0 Å². The van der Waals surface area contributed by atoms with Crippen LogP contribution in [0.2, 0.25) is 0 Å². The van der Waals surface area contributed by atoms with Crippen molar-refractivity contribution in [3.8, 4) is 11.5 Å². The summed E-state index contributed by atoms with van der Waals surface area (Å²) in [6, 6.07) is 2.35. The van der Waals surface area contributed by atoms with Crippen LogP contribution < -0.4 is 9.47 Å². The van der Waals surface area contributed by atoms with E-state index in [1.54, 1.807) is 0 Å². The highest BCUT2D eigenvalue weighted by Crippen LogP contribution is 2.32. The van der Waals surface area contributed by atoms with E-state index in [1.165, 1.54) is 6.07 Å². The van der Waals surface area contributed by atoms with Crippen LogP contribution in [0, 0.1) is 5.82 Å². The molecule has 0 aromatic heterocycles. The Balaban J connectivity index is 2.50. The minimum absolute atomic E-state index is 0.198. The molecule has 74 valence electrons. The van der Waals surface area contributed by atoms with Crippen LogP contribution in [-0.2, 0) is 0 Å². The van der Waals surface area contributed by atoms with Gasteiger partial charge >= 0.3 is 0 Å². The van der Waals surface area contributed by atoms with Crippen LogP contribution in [0.3, 0.4) is 0 Å². The summed E-state index contributed by atoms with van der Waals surface area (Å²) in [6.45, 7) is 0.759. The molecule has 0 saturated carbocycles. The number of ether oxygens (including phenoxy) is 2. The van der Waals surface area contributed by atoms with Crippen molar-refractivity contribution in [1.82, 2.24) is 0 Å². The molecule has 0 aliphatic carbocycles. The van der Waals surface area contributed by atoms with Gasteiger partial charge in [-0.1, -0.05) is 0 Å². The molecular weight excluding hydrogens is 211 g/mol. The summed E-state index contributed by atoms with van der Waals surface area (Å²) in [6.07, 6.45) is 0. The minimum Gasteiger partial charge on any atom is -0.486 e. The number of fused-ring (bicyclic) bond motifs is 1. The zero-order chi connectivity index (χ0) is 10.1. The van der Waals surface area contributed by atoms with Gasteiger partial charge < -0.3 is 9.47 Å². The van der Waals surface area contributed by atoms with Gasteiger partial charge in [0.25, 0.3) is 5.24 Å². The molecule has 14 heavy (non-hydrogen) atoms. The molecule has 1 aromatic carbocycles. The molecule has 0 unspecified atom stereocenters. The molecule has 0 radical (unpaired) electrons. The fourth-order valence-electron chi connectivity index (χ4n) is 1.21. The lowest BCUT2D eigenvalue weighted by molar-refractivity contribution is 0.107. The SMILES string of the molecule is O=C(Cl)c1cc2c(cc1F)OCCO2. The Hall–Kier alpha value is -1.29. The monoisotopic (exact) mass is 216 g/mol. The van der Waals surface area contributed by atoms with E-state index in [9.17, 15) is 9.18 Å². The average molecular weight is 217 g/mol. The number of benzene rings is 1. The quantitative estimate of drug-likeness (QED) is 0.674. The topological polar surface area (TPSA) is 35.5 Å². The third-order valence-electron chi connectivity index (χ3n) is 1.84. The van der Waals surface area contributed by atoms with Crippen molar-refractivity contribution in [3.05, 3.63) is 23.5 Å². The maximum atomic E-state index is 13.2. The van der Waals surface area contributed by atoms with Crippen molar-refractivity contribution in [2.75, 3.05) is 13.2 Å². The van der Waals surface area contributed by atoms with Crippen LogP contribution in [0.4, 0.5) is 4.39 Å². The fourth-order valence-corrected chi connectivity index (χ4v) is 1.36. The van der Waals surface area contributed by atoms with Gasteiger partial charge in [0.2, 0.25) is 0 Å². The third kappa shape index (κ3) is 1.53. The van der Waals surface area contributed by atoms with Crippen molar-refractivity contribution >= 4 is 16.8 Å². The van der Waals surface area contributed by atoms with Gasteiger partial charge in [0.1, 0.15) is 19.0 Å². The maximum absolute atomic E-state index is 13.2. The number of rotatable bonds is 1. The summed E-state index contributed by atoms with van der Waals surface area (Å²) >= 11 is 5.18. The smallest absolute Gasteiger partial charge is 0.255 e. The summed E-state index contributed by atoms with van der Waals surface area (Å²) in [5.74, 6) is -0.0497. The Kier molecular flexibility index (Phi) is 2.29. The number of carbonyl (C=O) groups excluding carboxylic acids is 1. The molecule has 3 nitrogen and oxygen atoms in total. The van der Waals surface area contributed by atoms with Gasteiger partial charge in [0.05, 0.1) is 5.56 Å². The molecule has 1 aliphatic rings. The minimum atomic E-state index is -0.848. The summed E-state index contributed by atoms with van der Waals surface area (Å²) in [5.41, 5.74) is -0.198. The molecule has 1 heterocycles. The molecule has 1 aromatic rings. The van der Waals surface area contributed by atoms with Gasteiger partial charge in [-0.05, 0) is 17.7 Å². The lowest BCUT2D eigenvalue weighted by atomic mass is 10.2. The molecule has 0 amide bonds. The number of halogens is 2. The highest BCUT2D eigenvalue weighted by Gasteiger charge is 2.18. The van der Waals surface area contributed by atoms with E-state index in [0.717, 1.165) is 6.07 Å². The Morgan fingerprint density at radius 2 is 1.86 bits per heavy atom. The first-order chi connectivity index (χ1) is 6.68. The van der Waals surface area contributed by atoms with Crippen molar-refractivity contribution in [2.45, 2.75) is 0 Å². The predicted octanol–water partition coefficient (Wildman–Crippen LogP) is 1.98. The first kappa shape index (κ1) is 9.27. The van der Waals surface area contributed by atoms with Crippen molar-refractivity contribution in [2.24, 2.45) is 0 Å². The van der Waals surface area contributed by atoms with Gasteiger partial charge in [0, 0.05) is 6.07 Å². The van der Waals surface area contributed by atoms with Gasteiger partial charge in [-0.25, -0.2) is 4.39 Å². The van der Waals surface area contributed by atoms with E-state index >= 15 is 0 Å². The Labute approximate surface area is 84.4 Å². The summed E-state index contributed by atoms with van der Waals surface area (Å²) < 4.78 is 23.5. The predicted molar refractivity (Wildman–Crippen MR) is 47.6 cm³/mol. The van der Waals surface area contributed by atoms with Crippen molar-refractivity contribution < 1.29 is 18.7 Å². The fraction of sp³-hybridized carbons (Fsp3) is 0.222. The number of carbonyl (C=O) groups is 1. The van der Waals surface area contributed by atoms with E-state index in [0.29, 0.717) is 24.7 Å². The third-order valence-corrected chi connectivity index (χ3v) is 2.05. The normalized spacial score (nSPS) is 13.9. The van der Waals surface area contributed by atoms with E-state index in [2.05, 4.69) is 0 Å². The van der Waals surface area contributed by atoms with Gasteiger partial charge in [0.15, 0.2) is 11.5 Å². The van der Waals surface area contributed by atoms with E-state index in [-0.39, 0.29) is 5.56 Å². The number of hydrogen-bond donors (Lipinski definition) is 0. The molecule has 0 atom stereocenters. The standard InChI is InChI=1S/C9H6ClFO3/c10-9(12)5-3-7-8(4-6(5)11)14-2-1-13-7/h3-4H,1-2H2. The lowest BCUT2D eigenvalue weighted by Gasteiger charge is -2.18. The summed E-state index contributed by atoms with van der Waals surface area (Å²) in [7, 11) is 0. The lowest BCUT2D eigenvalue weighted by Crippen LogP contribution is -2.16. The number of hydrogen-bond acceptors (Lipinski definition) is 3. The van der Waals surface area contributed by atoms with Crippen LogP contribution in [0.15, 0.2) is 12.1 Å². The van der Waals surface area contributed by atoms with E-state index < -0.39 is 11.1 Å². The first-order valence-electron chi connectivity index (χ1n) is 3.97.